The quantitative estimate of drug-likeness (QED) is 0.446. The van der Waals surface area contributed by atoms with Gasteiger partial charge in [-0.05, 0) is 0 Å². The molecule has 0 aromatic carbocycles. The topological polar surface area (TPSA) is 76.0 Å². The van der Waals surface area contributed by atoms with Gasteiger partial charge in [0.15, 0.2) is 11.1 Å². The van der Waals surface area contributed by atoms with Gasteiger partial charge >= 0.3 is 5.97 Å². The van der Waals surface area contributed by atoms with Crippen LogP contribution in [0.15, 0.2) is 0 Å². The maximum Gasteiger partial charge on any atom is 0.315 e. The minimum absolute atomic E-state index is 0.320. The van der Waals surface area contributed by atoms with Gasteiger partial charge in [0.05, 0.1) is 29.3 Å². The highest BCUT2D eigenvalue weighted by Crippen LogP contribution is 2.21. The second-order valence-electron chi connectivity index (χ2n) is 1.03. The van der Waals surface area contributed by atoms with Crippen LogP contribution in [0.4, 0.5) is 0 Å². The van der Waals surface area contributed by atoms with E-state index >= 15 is 0 Å². The summed E-state index contributed by atoms with van der Waals surface area (Å²) in [6, 6.07) is 0. The molecule has 0 aromatic rings. The van der Waals surface area contributed by atoms with Crippen molar-refractivity contribution in [1.82, 2.24) is 0 Å². The Morgan fingerprint density at radius 1 is 1.25 bits per heavy atom. The van der Waals surface area contributed by atoms with Crippen LogP contribution in [-0.2, 0) is 13.2 Å². The van der Waals surface area contributed by atoms with Gasteiger partial charge in [-0.25, -0.2) is 0 Å². The van der Waals surface area contributed by atoms with Crippen molar-refractivity contribution < 1.29 is 22.3 Å². The first-order chi connectivity index (χ1) is 5.68. The van der Waals surface area contributed by atoms with Gasteiger partial charge in [0.2, 0.25) is 0 Å². The smallest absolute Gasteiger partial charge is 0.315 e. The molecule has 0 spiro atoms. The Labute approximate surface area is 86.6 Å². The Balaban J connectivity index is 0. The van der Waals surface area contributed by atoms with Crippen molar-refractivity contribution in [2.45, 2.75) is 6.92 Å². The average Bonchev–Trinajstić information content (AvgIpc) is 2.05. The second-order valence-corrected chi connectivity index (χ2v) is 3.81. The zero-order valence-corrected chi connectivity index (χ0v) is 9.52. The molecule has 0 aliphatic heterocycles. The van der Waals surface area contributed by atoms with Crippen LogP contribution < -0.4 is 0 Å². The summed E-state index contributed by atoms with van der Waals surface area (Å²) in [7, 11) is 1.50. The Bertz CT molecular complexity index is 98.7. The molecular formula is C3H8O5S4. The fraction of sp³-hybridized carbons (Fsp3) is 0.667. The molecule has 0 aromatic heterocycles. The molecule has 5 nitrogen and oxygen atoms in total. The van der Waals surface area contributed by atoms with Crippen LogP contribution in [-0.4, -0.2) is 22.2 Å². The predicted molar refractivity (Wildman–Crippen MR) is 54.4 cm³/mol. The summed E-state index contributed by atoms with van der Waals surface area (Å²) in [5.41, 5.74) is 0. The van der Waals surface area contributed by atoms with E-state index < -0.39 is 0 Å². The number of hydrogen-bond acceptors (Lipinski definition) is 9. The van der Waals surface area contributed by atoms with Gasteiger partial charge in [-0.3, -0.25) is 4.79 Å². The van der Waals surface area contributed by atoms with E-state index in [-0.39, 0.29) is 5.97 Å². The van der Waals surface area contributed by atoms with Crippen molar-refractivity contribution in [2.75, 3.05) is 7.11 Å². The molecule has 0 amide bonds. The first kappa shape index (κ1) is 15.2. The summed E-state index contributed by atoms with van der Waals surface area (Å²) >= 11 is 2.57. The molecule has 9 heteroatoms. The van der Waals surface area contributed by atoms with Gasteiger partial charge in [0, 0.05) is 6.92 Å². The molecule has 0 atom stereocenters. The Morgan fingerprint density at radius 2 is 1.75 bits per heavy atom. The standard InChI is InChI=1S/C3H6O3S2.H2O2S2/c1-3(4)6-8-7-5-2;1-3-4-2/h1-2H3;1-2H. The van der Waals surface area contributed by atoms with Crippen molar-refractivity contribution in [3.63, 3.8) is 0 Å². The fourth-order valence-corrected chi connectivity index (χ4v) is 0.806. The highest BCUT2D eigenvalue weighted by atomic mass is 33.1. The van der Waals surface area contributed by atoms with E-state index in [1.165, 1.54) is 14.0 Å². The van der Waals surface area contributed by atoms with E-state index in [1.807, 2.05) is 0 Å². The Hall–Kier alpha value is 0.750. The maximum absolute atomic E-state index is 10.0. The SMILES string of the molecule is COSSOC(C)=O.OSSO. The van der Waals surface area contributed by atoms with E-state index in [2.05, 4.69) is 8.37 Å². The molecule has 12 heavy (non-hydrogen) atoms. The molecule has 0 fully saturated rings. The third-order valence-corrected chi connectivity index (χ3v) is 1.82. The minimum atomic E-state index is -0.320. The molecule has 0 heterocycles. The lowest BCUT2D eigenvalue weighted by Crippen LogP contribution is -1.86. The lowest BCUT2D eigenvalue weighted by atomic mass is 10.9. The molecular weight excluding hydrogens is 244 g/mol. The molecule has 0 rings (SSSR count). The summed E-state index contributed by atoms with van der Waals surface area (Å²) in [4.78, 5) is 10.0. The summed E-state index contributed by atoms with van der Waals surface area (Å²) in [5, 5.41) is 0. The Morgan fingerprint density at radius 3 is 2.00 bits per heavy atom. The molecule has 0 unspecified atom stereocenters. The Kier molecular flexibility index (Phi) is 18.1. The van der Waals surface area contributed by atoms with Gasteiger partial charge in [0.1, 0.15) is 11.1 Å². The van der Waals surface area contributed by atoms with Crippen molar-refractivity contribution in [1.29, 1.82) is 0 Å². The van der Waals surface area contributed by atoms with Gasteiger partial charge in [-0.1, -0.05) is 0 Å². The molecule has 0 aliphatic rings. The van der Waals surface area contributed by atoms with Crippen LogP contribution in [0.25, 0.3) is 0 Å². The molecule has 0 bridgehead atoms. The number of carbonyl (C=O) groups is 1. The maximum atomic E-state index is 10.0. The van der Waals surface area contributed by atoms with Crippen LogP contribution in [0, 0.1) is 0 Å². The number of carbonyl (C=O) groups excluding carboxylic acids is 1. The van der Waals surface area contributed by atoms with Crippen LogP contribution >= 0.6 is 44.3 Å². The summed E-state index contributed by atoms with van der Waals surface area (Å²) in [6.45, 7) is 1.34. The normalized spacial score (nSPS) is 8.33. The van der Waals surface area contributed by atoms with Gasteiger partial charge in [-0.2, -0.15) is 0 Å². The first-order valence-electron chi connectivity index (χ1n) is 2.35. The van der Waals surface area contributed by atoms with E-state index in [0.29, 0.717) is 22.1 Å². The van der Waals surface area contributed by atoms with E-state index in [0.717, 1.165) is 22.1 Å². The van der Waals surface area contributed by atoms with Crippen molar-refractivity contribution >= 4 is 50.3 Å². The van der Waals surface area contributed by atoms with Crippen LogP contribution in [0.5, 0.6) is 0 Å². The fourth-order valence-electron chi connectivity index (χ4n) is 0.0896. The predicted octanol–water partition coefficient (Wildman–Crippen LogP) is 2.72. The third kappa shape index (κ3) is 22.4. The molecule has 0 saturated heterocycles. The molecule has 0 aliphatic carbocycles. The molecule has 74 valence electrons. The highest BCUT2D eigenvalue weighted by Gasteiger charge is 1.91. The zero-order valence-electron chi connectivity index (χ0n) is 6.25. The molecule has 2 N–H and O–H groups in total. The van der Waals surface area contributed by atoms with E-state index in [1.54, 1.807) is 0 Å². The van der Waals surface area contributed by atoms with Crippen molar-refractivity contribution in [3.05, 3.63) is 0 Å². The molecule has 0 radical (unpaired) electrons. The van der Waals surface area contributed by atoms with Gasteiger partial charge in [0.25, 0.3) is 0 Å². The van der Waals surface area contributed by atoms with E-state index in [4.69, 9.17) is 9.11 Å². The lowest BCUT2D eigenvalue weighted by molar-refractivity contribution is -0.130. The van der Waals surface area contributed by atoms with Crippen LogP contribution in [0.3, 0.4) is 0 Å². The summed E-state index contributed by atoms with van der Waals surface area (Å²) in [6.07, 6.45) is 0. The summed E-state index contributed by atoms with van der Waals surface area (Å²) < 4.78 is 23.9. The lowest BCUT2D eigenvalue weighted by Gasteiger charge is -1.92. The largest absolute Gasteiger partial charge is 0.377 e. The van der Waals surface area contributed by atoms with Gasteiger partial charge < -0.3 is 17.5 Å². The van der Waals surface area contributed by atoms with Gasteiger partial charge in [-0.15, -0.1) is 0 Å². The van der Waals surface area contributed by atoms with Crippen molar-refractivity contribution in [3.8, 4) is 0 Å². The summed E-state index contributed by atoms with van der Waals surface area (Å²) in [5.74, 6) is -0.320. The second kappa shape index (κ2) is 14.3. The highest BCUT2D eigenvalue weighted by molar-refractivity contribution is 8.73. The monoisotopic (exact) mass is 252 g/mol. The number of hydrogen-bond donors (Lipinski definition) is 2. The van der Waals surface area contributed by atoms with Crippen molar-refractivity contribution in [2.24, 2.45) is 0 Å². The van der Waals surface area contributed by atoms with Crippen LogP contribution in [0.2, 0.25) is 0 Å². The third-order valence-electron chi connectivity index (χ3n) is 0.281. The average molecular weight is 252 g/mol. The zero-order chi connectivity index (χ0) is 9.82. The van der Waals surface area contributed by atoms with E-state index in [9.17, 15) is 4.79 Å². The first-order valence-corrected chi connectivity index (χ1v) is 6.41. The minimum Gasteiger partial charge on any atom is -0.377 e. The van der Waals surface area contributed by atoms with Crippen LogP contribution in [0.1, 0.15) is 6.92 Å². The molecule has 0 saturated carbocycles. The number of rotatable bonds is 4.